The van der Waals surface area contributed by atoms with Crippen LogP contribution < -0.4 is 20.5 Å². The average molecular weight is 462 g/mol. The summed E-state index contributed by atoms with van der Waals surface area (Å²) in [5, 5.41) is 9.63. The van der Waals surface area contributed by atoms with Gasteiger partial charge in [0.05, 0.1) is 17.6 Å². The molecule has 4 rings (SSSR count). The fourth-order valence-electron chi connectivity index (χ4n) is 3.60. The van der Waals surface area contributed by atoms with Crippen molar-refractivity contribution in [1.82, 2.24) is 9.78 Å². The molecule has 0 saturated heterocycles. The number of primary amides is 1. The van der Waals surface area contributed by atoms with E-state index in [-0.39, 0.29) is 5.69 Å². The van der Waals surface area contributed by atoms with Crippen LogP contribution in [0.4, 0.5) is 5.69 Å². The predicted octanol–water partition coefficient (Wildman–Crippen LogP) is 1.94. The number of fused-ring (bicyclic) bond motifs is 3. The Hall–Kier alpha value is -3.06. The third-order valence-electron chi connectivity index (χ3n) is 4.78. The standard InChI is InChI=1S/C19H19N5O5S2/c1-31(26,27)23-12-4-2-11-3-9-15-17(19(20)25)22-24(18(15)16(11)10-12)13-5-7-14(8-6-13)28-29-30-21/h2,4-8,10,23H,3,9,21H2,1H3,(H2,20,25). The first kappa shape index (κ1) is 21.2. The van der Waals surface area contributed by atoms with E-state index < -0.39 is 15.9 Å². The van der Waals surface area contributed by atoms with Gasteiger partial charge in [-0.15, -0.1) is 0 Å². The number of carbonyl (C=O) groups is 1. The fourth-order valence-corrected chi connectivity index (χ4v) is 4.28. The lowest BCUT2D eigenvalue weighted by Gasteiger charge is -2.20. The van der Waals surface area contributed by atoms with Crippen molar-refractivity contribution < 1.29 is 22.4 Å². The summed E-state index contributed by atoms with van der Waals surface area (Å²) >= 11 is 0.580. The second-order valence-electron chi connectivity index (χ2n) is 6.94. The van der Waals surface area contributed by atoms with Crippen LogP contribution in [0.25, 0.3) is 16.9 Å². The molecule has 5 N–H and O–H groups in total. The first-order valence-corrected chi connectivity index (χ1v) is 11.8. The van der Waals surface area contributed by atoms with E-state index in [0.717, 1.165) is 22.9 Å². The zero-order valence-corrected chi connectivity index (χ0v) is 18.0. The molecule has 31 heavy (non-hydrogen) atoms. The van der Waals surface area contributed by atoms with Crippen molar-refractivity contribution in [2.24, 2.45) is 10.9 Å². The summed E-state index contributed by atoms with van der Waals surface area (Å²) in [6, 6.07) is 12.1. The molecule has 0 bridgehead atoms. The summed E-state index contributed by atoms with van der Waals surface area (Å²) < 4.78 is 32.1. The molecule has 0 fully saturated rings. The fraction of sp³-hybridized carbons (Fsp3) is 0.158. The van der Waals surface area contributed by atoms with Gasteiger partial charge < -0.3 is 10.6 Å². The number of rotatable bonds is 7. The highest BCUT2D eigenvalue weighted by atomic mass is 32.2. The molecule has 1 amide bonds. The van der Waals surface area contributed by atoms with Crippen LogP contribution in [-0.2, 0) is 27.2 Å². The number of aromatic nitrogens is 2. The van der Waals surface area contributed by atoms with Crippen LogP contribution in [0, 0.1) is 0 Å². The maximum Gasteiger partial charge on any atom is 0.269 e. The highest BCUT2D eigenvalue weighted by molar-refractivity contribution is 7.92. The minimum Gasteiger partial charge on any atom is -0.364 e. The van der Waals surface area contributed by atoms with Crippen LogP contribution in [0.5, 0.6) is 5.75 Å². The van der Waals surface area contributed by atoms with Crippen LogP contribution >= 0.6 is 12.2 Å². The number of nitrogens with two attached hydrogens (primary N) is 2. The SMILES string of the molecule is CS(=O)(=O)Nc1ccc2c(c1)-c1c(c(C(N)=O)nn1-c1ccc(OOSN)cc1)CC2. The van der Waals surface area contributed by atoms with Gasteiger partial charge in [0, 0.05) is 16.8 Å². The summed E-state index contributed by atoms with van der Waals surface area (Å²) in [5.41, 5.74) is 10.0. The van der Waals surface area contributed by atoms with Gasteiger partial charge in [0.25, 0.3) is 5.91 Å². The van der Waals surface area contributed by atoms with Crippen LogP contribution in [0.15, 0.2) is 42.5 Å². The Morgan fingerprint density at radius 2 is 1.94 bits per heavy atom. The van der Waals surface area contributed by atoms with Gasteiger partial charge >= 0.3 is 0 Å². The third kappa shape index (κ3) is 4.37. The van der Waals surface area contributed by atoms with Crippen molar-refractivity contribution in [2.45, 2.75) is 12.8 Å². The second kappa shape index (κ2) is 8.23. The minimum absolute atomic E-state index is 0.185. The molecule has 12 heteroatoms. The first-order chi connectivity index (χ1) is 14.8. The van der Waals surface area contributed by atoms with Crippen molar-refractivity contribution in [2.75, 3.05) is 11.0 Å². The third-order valence-corrected chi connectivity index (χ3v) is 5.53. The van der Waals surface area contributed by atoms with E-state index >= 15 is 0 Å². The number of hydrogen-bond donors (Lipinski definition) is 3. The lowest BCUT2D eigenvalue weighted by Crippen LogP contribution is -2.15. The molecule has 1 aromatic heterocycles. The Morgan fingerprint density at radius 1 is 1.19 bits per heavy atom. The van der Waals surface area contributed by atoms with Gasteiger partial charge in [-0.05, 0) is 54.8 Å². The lowest BCUT2D eigenvalue weighted by atomic mass is 9.88. The van der Waals surface area contributed by atoms with Gasteiger partial charge in [0.2, 0.25) is 10.0 Å². The quantitative estimate of drug-likeness (QED) is 0.209. The van der Waals surface area contributed by atoms with Crippen molar-refractivity contribution in [3.8, 4) is 22.7 Å². The van der Waals surface area contributed by atoms with Crippen LogP contribution in [-0.4, -0.2) is 30.4 Å². The van der Waals surface area contributed by atoms with E-state index in [1.54, 1.807) is 41.1 Å². The molecular weight excluding hydrogens is 442 g/mol. The molecule has 0 aliphatic heterocycles. The highest BCUT2D eigenvalue weighted by Crippen LogP contribution is 2.38. The maximum atomic E-state index is 12.1. The topological polar surface area (TPSA) is 152 Å². The van der Waals surface area contributed by atoms with Crippen molar-refractivity contribution in [1.29, 1.82) is 0 Å². The average Bonchev–Trinajstić information content (AvgIpc) is 3.12. The van der Waals surface area contributed by atoms with Crippen molar-refractivity contribution >= 4 is 33.8 Å². The zero-order chi connectivity index (χ0) is 22.2. The maximum absolute atomic E-state index is 12.1. The molecule has 1 aliphatic rings. The zero-order valence-electron chi connectivity index (χ0n) is 16.4. The number of hydrogen-bond acceptors (Lipinski definition) is 8. The number of carbonyl (C=O) groups excluding carboxylic acids is 1. The largest absolute Gasteiger partial charge is 0.364 e. The first-order valence-electron chi connectivity index (χ1n) is 9.10. The number of amides is 1. The number of benzene rings is 2. The summed E-state index contributed by atoms with van der Waals surface area (Å²) in [6.45, 7) is 0. The van der Waals surface area contributed by atoms with E-state index in [4.69, 9.17) is 15.8 Å². The Balaban J connectivity index is 1.85. The Kier molecular flexibility index (Phi) is 5.62. The molecule has 3 aromatic rings. The van der Waals surface area contributed by atoms with E-state index in [1.165, 1.54) is 0 Å². The van der Waals surface area contributed by atoms with E-state index in [0.29, 0.717) is 47.9 Å². The van der Waals surface area contributed by atoms with E-state index in [9.17, 15) is 13.2 Å². The van der Waals surface area contributed by atoms with Gasteiger partial charge in [-0.1, -0.05) is 10.4 Å². The van der Waals surface area contributed by atoms with E-state index in [2.05, 4.69) is 14.2 Å². The summed E-state index contributed by atoms with van der Waals surface area (Å²) in [7, 11) is -3.45. The molecule has 0 atom stereocenters. The highest BCUT2D eigenvalue weighted by Gasteiger charge is 2.28. The number of aryl methyl sites for hydroxylation is 1. The van der Waals surface area contributed by atoms with Crippen LogP contribution in [0.3, 0.4) is 0 Å². The van der Waals surface area contributed by atoms with Crippen molar-refractivity contribution in [3.05, 3.63) is 59.3 Å². The smallest absolute Gasteiger partial charge is 0.269 e. The number of nitrogens with one attached hydrogen (secondary N) is 1. The number of sulfonamides is 1. The number of nitrogens with zero attached hydrogens (tertiary/aromatic N) is 2. The Bertz CT molecular complexity index is 1260. The Labute approximate surface area is 182 Å². The molecule has 0 radical (unpaired) electrons. The van der Waals surface area contributed by atoms with Gasteiger partial charge in [-0.25, -0.2) is 13.1 Å². The summed E-state index contributed by atoms with van der Waals surface area (Å²) in [5.74, 6) is -0.199. The molecule has 1 aliphatic carbocycles. The van der Waals surface area contributed by atoms with Gasteiger partial charge in [-0.3, -0.25) is 14.7 Å². The van der Waals surface area contributed by atoms with Crippen LogP contribution in [0.1, 0.15) is 21.6 Å². The minimum atomic E-state index is -3.45. The van der Waals surface area contributed by atoms with Gasteiger partial charge in [-0.2, -0.15) is 5.10 Å². The molecule has 2 aromatic carbocycles. The Morgan fingerprint density at radius 3 is 2.58 bits per heavy atom. The monoisotopic (exact) mass is 461 g/mol. The number of anilines is 1. The van der Waals surface area contributed by atoms with Gasteiger partial charge in [0.15, 0.2) is 11.4 Å². The molecular formula is C19H19N5O5S2. The normalized spacial score (nSPS) is 12.7. The molecule has 1 heterocycles. The predicted molar refractivity (Wildman–Crippen MR) is 117 cm³/mol. The summed E-state index contributed by atoms with van der Waals surface area (Å²) in [6.07, 6.45) is 2.35. The molecule has 0 unspecified atom stereocenters. The summed E-state index contributed by atoms with van der Waals surface area (Å²) in [4.78, 5) is 17.1. The molecule has 162 valence electrons. The molecule has 0 saturated carbocycles. The lowest BCUT2D eigenvalue weighted by molar-refractivity contribution is -0.0777. The van der Waals surface area contributed by atoms with E-state index in [1.807, 2.05) is 6.07 Å². The van der Waals surface area contributed by atoms with Gasteiger partial charge in [0.1, 0.15) is 12.2 Å². The molecule has 10 nitrogen and oxygen atoms in total. The molecule has 0 spiro atoms. The van der Waals surface area contributed by atoms with Crippen molar-refractivity contribution in [3.63, 3.8) is 0 Å². The second-order valence-corrected chi connectivity index (χ2v) is 9.02. The van der Waals surface area contributed by atoms with Crippen LogP contribution in [0.2, 0.25) is 0 Å².